The number of carbonyl (C=O) groups excluding carboxylic acids is 2. The van der Waals surface area contributed by atoms with E-state index < -0.39 is 9.84 Å². The van der Waals surface area contributed by atoms with E-state index in [4.69, 9.17) is 5.73 Å². The van der Waals surface area contributed by atoms with E-state index >= 15 is 0 Å². The van der Waals surface area contributed by atoms with Crippen LogP contribution >= 0.6 is 0 Å². The number of hydrogen-bond acceptors (Lipinski definition) is 4. The first-order chi connectivity index (χ1) is 9.70. The van der Waals surface area contributed by atoms with Crippen LogP contribution in [-0.4, -0.2) is 44.5 Å². The fourth-order valence-corrected chi connectivity index (χ4v) is 2.98. The number of nitrogens with two attached hydrogens (primary N) is 1. The van der Waals surface area contributed by atoms with Crippen molar-refractivity contribution in [3.8, 4) is 0 Å². The van der Waals surface area contributed by atoms with E-state index in [9.17, 15) is 18.0 Å². The third kappa shape index (κ3) is 3.24. The average molecular weight is 310 g/mol. The SMILES string of the molecule is CN(C(=O)c1ccc(S(C)(=O)=O)cc1)C1CC(C(N)=O)C1. The lowest BCUT2D eigenvalue weighted by Gasteiger charge is -2.39. The molecule has 0 atom stereocenters. The highest BCUT2D eigenvalue weighted by atomic mass is 32.2. The van der Waals surface area contributed by atoms with Gasteiger partial charge in [0.1, 0.15) is 0 Å². The third-order valence-corrected chi connectivity index (χ3v) is 5.04. The van der Waals surface area contributed by atoms with Crippen LogP contribution < -0.4 is 5.73 Å². The average Bonchev–Trinajstić information content (AvgIpc) is 2.34. The Kier molecular flexibility index (Phi) is 4.04. The summed E-state index contributed by atoms with van der Waals surface area (Å²) in [6, 6.07) is 5.84. The summed E-state index contributed by atoms with van der Waals surface area (Å²) < 4.78 is 22.7. The van der Waals surface area contributed by atoms with Gasteiger partial charge in [-0.05, 0) is 37.1 Å². The lowest BCUT2D eigenvalue weighted by molar-refractivity contribution is -0.125. The molecule has 0 saturated heterocycles. The van der Waals surface area contributed by atoms with Crippen LogP contribution in [0.25, 0.3) is 0 Å². The van der Waals surface area contributed by atoms with E-state index in [-0.39, 0.29) is 28.7 Å². The fraction of sp³-hybridized carbons (Fsp3) is 0.429. The molecule has 2 rings (SSSR count). The van der Waals surface area contributed by atoms with Gasteiger partial charge >= 0.3 is 0 Å². The number of sulfone groups is 1. The number of carbonyl (C=O) groups is 2. The van der Waals surface area contributed by atoms with Crippen molar-refractivity contribution in [2.75, 3.05) is 13.3 Å². The van der Waals surface area contributed by atoms with Gasteiger partial charge in [-0.25, -0.2) is 8.42 Å². The summed E-state index contributed by atoms with van der Waals surface area (Å²) in [6.45, 7) is 0. The first-order valence-corrected chi connectivity index (χ1v) is 8.46. The summed E-state index contributed by atoms with van der Waals surface area (Å²) in [5.41, 5.74) is 5.63. The predicted octanol–water partition coefficient (Wildman–Crippen LogP) is 0.426. The molecule has 1 fully saturated rings. The van der Waals surface area contributed by atoms with E-state index in [2.05, 4.69) is 0 Å². The van der Waals surface area contributed by atoms with Crippen molar-refractivity contribution in [2.24, 2.45) is 11.7 Å². The quantitative estimate of drug-likeness (QED) is 0.871. The Morgan fingerprint density at radius 3 is 2.14 bits per heavy atom. The Labute approximate surface area is 123 Å². The highest BCUT2D eigenvalue weighted by molar-refractivity contribution is 7.90. The molecule has 114 valence electrons. The Hall–Kier alpha value is -1.89. The topological polar surface area (TPSA) is 97.5 Å². The molecule has 21 heavy (non-hydrogen) atoms. The monoisotopic (exact) mass is 310 g/mol. The molecule has 1 aliphatic rings. The zero-order chi connectivity index (χ0) is 15.8. The van der Waals surface area contributed by atoms with Gasteiger partial charge in [0.05, 0.1) is 4.90 Å². The Morgan fingerprint density at radius 2 is 1.71 bits per heavy atom. The molecule has 1 aliphatic carbocycles. The largest absolute Gasteiger partial charge is 0.369 e. The molecule has 0 unspecified atom stereocenters. The number of benzene rings is 1. The van der Waals surface area contributed by atoms with Crippen molar-refractivity contribution in [1.82, 2.24) is 4.90 Å². The maximum Gasteiger partial charge on any atom is 0.253 e. The molecule has 2 amide bonds. The number of hydrogen-bond donors (Lipinski definition) is 1. The second-order valence-electron chi connectivity index (χ2n) is 5.44. The molecule has 0 heterocycles. The Balaban J connectivity index is 2.05. The van der Waals surface area contributed by atoms with Crippen LogP contribution in [0.15, 0.2) is 29.2 Å². The maximum atomic E-state index is 12.3. The summed E-state index contributed by atoms with van der Waals surface area (Å²) in [7, 11) is -1.59. The van der Waals surface area contributed by atoms with Crippen molar-refractivity contribution in [2.45, 2.75) is 23.8 Å². The van der Waals surface area contributed by atoms with Gasteiger partial charge in [0, 0.05) is 30.8 Å². The van der Waals surface area contributed by atoms with E-state index in [0.717, 1.165) is 6.26 Å². The van der Waals surface area contributed by atoms with Gasteiger partial charge in [0.15, 0.2) is 9.84 Å². The lowest BCUT2D eigenvalue weighted by Crippen LogP contribution is -2.49. The summed E-state index contributed by atoms with van der Waals surface area (Å²) in [4.78, 5) is 25.0. The van der Waals surface area contributed by atoms with E-state index in [0.29, 0.717) is 18.4 Å². The molecule has 2 N–H and O–H groups in total. The molecular formula is C14H18N2O4S. The van der Waals surface area contributed by atoms with Crippen LogP contribution in [-0.2, 0) is 14.6 Å². The standard InChI is InChI=1S/C14H18N2O4S/c1-16(11-7-10(8-11)13(15)17)14(18)9-3-5-12(6-4-9)21(2,19)20/h3-6,10-11H,7-8H2,1-2H3,(H2,15,17). The molecule has 6 nitrogen and oxygen atoms in total. The van der Waals surface area contributed by atoms with Crippen LogP contribution in [0.2, 0.25) is 0 Å². The van der Waals surface area contributed by atoms with E-state index in [1.165, 1.54) is 24.3 Å². The van der Waals surface area contributed by atoms with Gasteiger partial charge in [0.2, 0.25) is 5.91 Å². The highest BCUT2D eigenvalue weighted by Gasteiger charge is 2.37. The van der Waals surface area contributed by atoms with Crippen molar-refractivity contribution >= 4 is 21.7 Å². The van der Waals surface area contributed by atoms with Gasteiger partial charge in [-0.1, -0.05) is 0 Å². The van der Waals surface area contributed by atoms with Gasteiger partial charge in [0.25, 0.3) is 5.91 Å². The zero-order valence-corrected chi connectivity index (χ0v) is 12.8. The minimum Gasteiger partial charge on any atom is -0.369 e. The summed E-state index contributed by atoms with van der Waals surface area (Å²) in [5, 5.41) is 0. The minimum absolute atomic E-state index is 0.00424. The van der Waals surface area contributed by atoms with Crippen molar-refractivity contribution in [3.05, 3.63) is 29.8 Å². The normalized spacial score (nSPS) is 21.4. The fourth-order valence-electron chi connectivity index (χ4n) is 2.35. The van der Waals surface area contributed by atoms with E-state index in [1.54, 1.807) is 11.9 Å². The first-order valence-electron chi connectivity index (χ1n) is 6.56. The minimum atomic E-state index is -3.27. The second-order valence-corrected chi connectivity index (χ2v) is 7.45. The summed E-state index contributed by atoms with van der Waals surface area (Å²) >= 11 is 0. The molecule has 0 aliphatic heterocycles. The van der Waals surface area contributed by atoms with Crippen LogP contribution in [0, 0.1) is 5.92 Å². The Morgan fingerprint density at radius 1 is 1.19 bits per heavy atom. The zero-order valence-electron chi connectivity index (χ0n) is 11.9. The lowest BCUT2D eigenvalue weighted by atomic mass is 9.79. The molecule has 1 aromatic rings. The molecule has 0 spiro atoms. The molecule has 0 aromatic heterocycles. The molecule has 7 heteroatoms. The van der Waals surface area contributed by atoms with Crippen molar-refractivity contribution in [3.63, 3.8) is 0 Å². The smallest absolute Gasteiger partial charge is 0.253 e. The molecule has 0 bridgehead atoms. The molecule has 1 aromatic carbocycles. The van der Waals surface area contributed by atoms with Crippen molar-refractivity contribution in [1.29, 1.82) is 0 Å². The second kappa shape index (κ2) is 5.48. The number of rotatable bonds is 4. The van der Waals surface area contributed by atoms with Gasteiger partial charge in [-0.2, -0.15) is 0 Å². The van der Waals surface area contributed by atoms with E-state index in [1.807, 2.05) is 0 Å². The number of amides is 2. The summed E-state index contributed by atoms with van der Waals surface area (Å²) in [5.74, 6) is -0.676. The molecular weight excluding hydrogens is 292 g/mol. The maximum absolute atomic E-state index is 12.3. The van der Waals surface area contributed by atoms with Gasteiger partial charge in [-0.3, -0.25) is 9.59 Å². The van der Waals surface area contributed by atoms with Crippen LogP contribution in [0.4, 0.5) is 0 Å². The number of primary amides is 1. The van der Waals surface area contributed by atoms with Gasteiger partial charge in [-0.15, -0.1) is 0 Å². The molecule has 0 radical (unpaired) electrons. The van der Waals surface area contributed by atoms with Crippen LogP contribution in [0.3, 0.4) is 0 Å². The number of nitrogens with zero attached hydrogens (tertiary/aromatic N) is 1. The molecule has 1 saturated carbocycles. The highest BCUT2D eigenvalue weighted by Crippen LogP contribution is 2.31. The predicted molar refractivity (Wildman–Crippen MR) is 77.4 cm³/mol. The summed E-state index contributed by atoms with van der Waals surface area (Å²) in [6.07, 6.45) is 2.28. The Bertz CT molecular complexity index is 661. The first kappa shape index (κ1) is 15.5. The van der Waals surface area contributed by atoms with Crippen LogP contribution in [0.5, 0.6) is 0 Å². The third-order valence-electron chi connectivity index (χ3n) is 3.91. The van der Waals surface area contributed by atoms with Gasteiger partial charge < -0.3 is 10.6 Å². The van der Waals surface area contributed by atoms with Crippen molar-refractivity contribution < 1.29 is 18.0 Å². The van der Waals surface area contributed by atoms with Crippen LogP contribution in [0.1, 0.15) is 23.2 Å².